The number of amides is 1. The molecule has 3 rings (SSSR count). The van der Waals surface area contributed by atoms with Crippen LogP contribution in [0.15, 0.2) is 30.3 Å². The monoisotopic (exact) mass is 313 g/mol. The van der Waals surface area contributed by atoms with E-state index in [0.29, 0.717) is 18.2 Å². The lowest BCUT2D eigenvalue weighted by molar-refractivity contribution is 0.0946. The number of aromatic nitrogens is 2. The van der Waals surface area contributed by atoms with E-state index in [0.717, 1.165) is 49.3 Å². The molecule has 23 heavy (non-hydrogen) atoms. The Morgan fingerprint density at radius 1 is 1.39 bits per heavy atom. The van der Waals surface area contributed by atoms with Crippen LogP contribution in [0.2, 0.25) is 0 Å². The van der Waals surface area contributed by atoms with Crippen LogP contribution in [0.4, 0.5) is 0 Å². The first-order valence-electron chi connectivity index (χ1n) is 8.22. The van der Waals surface area contributed by atoms with Crippen molar-refractivity contribution in [1.29, 1.82) is 0 Å². The topological polar surface area (TPSA) is 67.0 Å². The number of carbonyl (C=O) groups excluding carboxylic acids is 1. The predicted octanol–water partition coefficient (Wildman–Crippen LogP) is 2.93. The van der Waals surface area contributed by atoms with E-state index < -0.39 is 0 Å². The fourth-order valence-electron chi connectivity index (χ4n) is 2.99. The molecule has 1 aromatic carbocycles. The lowest BCUT2D eigenvalue weighted by Crippen LogP contribution is -2.25. The summed E-state index contributed by atoms with van der Waals surface area (Å²) in [7, 11) is 0. The summed E-state index contributed by atoms with van der Waals surface area (Å²) in [6.45, 7) is 4.37. The van der Waals surface area contributed by atoms with Gasteiger partial charge in [-0.3, -0.25) is 9.89 Å². The van der Waals surface area contributed by atoms with Gasteiger partial charge in [0.05, 0.1) is 5.69 Å². The zero-order chi connectivity index (χ0) is 16.1. The van der Waals surface area contributed by atoms with Crippen LogP contribution in [0, 0.1) is 12.8 Å². The number of hydrogen-bond donors (Lipinski definition) is 2. The van der Waals surface area contributed by atoms with Gasteiger partial charge in [-0.25, -0.2) is 0 Å². The van der Waals surface area contributed by atoms with E-state index >= 15 is 0 Å². The molecule has 0 radical (unpaired) electrons. The highest BCUT2D eigenvalue weighted by Crippen LogP contribution is 2.22. The maximum atomic E-state index is 12.3. The summed E-state index contributed by atoms with van der Waals surface area (Å²) in [6, 6.07) is 9.89. The molecule has 0 saturated carbocycles. The van der Waals surface area contributed by atoms with Crippen molar-refractivity contribution in [2.24, 2.45) is 5.92 Å². The minimum atomic E-state index is -0.0835. The van der Waals surface area contributed by atoms with Crippen molar-refractivity contribution in [3.8, 4) is 11.3 Å². The van der Waals surface area contributed by atoms with Crippen molar-refractivity contribution in [3.05, 3.63) is 41.6 Å². The van der Waals surface area contributed by atoms with Crippen LogP contribution in [0.1, 0.15) is 35.3 Å². The molecule has 1 aliphatic rings. The summed E-state index contributed by atoms with van der Waals surface area (Å²) in [5.74, 6) is 0.574. The third kappa shape index (κ3) is 3.79. The molecular formula is C18H23N3O2. The smallest absolute Gasteiger partial charge is 0.269 e. The highest BCUT2D eigenvalue weighted by Gasteiger charge is 2.17. The van der Waals surface area contributed by atoms with Crippen molar-refractivity contribution in [1.82, 2.24) is 15.5 Å². The van der Waals surface area contributed by atoms with E-state index in [9.17, 15) is 4.79 Å². The Balaban J connectivity index is 1.54. The Hall–Kier alpha value is -2.14. The number of benzene rings is 1. The average molecular weight is 313 g/mol. The first kappa shape index (κ1) is 15.7. The lowest BCUT2D eigenvalue weighted by atomic mass is 10.0. The van der Waals surface area contributed by atoms with Crippen molar-refractivity contribution in [3.63, 3.8) is 0 Å². The Kier molecular flexibility index (Phi) is 5.08. The number of H-pyrrole nitrogens is 1. The van der Waals surface area contributed by atoms with Crippen LogP contribution in [0.3, 0.4) is 0 Å². The van der Waals surface area contributed by atoms with Crippen molar-refractivity contribution in [2.45, 2.75) is 26.2 Å². The summed E-state index contributed by atoms with van der Waals surface area (Å²) in [5, 5.41) is 10.1. The van der Waals surface area contributed by atoms with Gasteiger partial charge >= 0.3 is 0 Å². The summed E-state index contributed by atoms with van der Waals surface area (Å²) in [4.78, 5) is 12.3. The number of rotatable bonds is 6. The fraction of sp³-hybridized carbons (Fsp3) is 0.444. The minimum absolute atomic E-state index is 0.0835. The molecule has 1 saturated heterocycles. The third-order valence-electron chi connectivity index (χ3n) is 4.38. The number of ether oxygens (including phenoxy) is 1. The number of aromatic amines is 1. The van der Waals surface area contributed by atoms with Gasteiger partial charge in [0.1, 0.15) is 5.69 Å². The summed E-state index contributed by atoms with van der Waals surface area (Å²) >= 11 is 0. The van der Waals surface area contributed by atoms with E-state index in [-0.39, 0.29) is 5.91 Å². The zero-order valence-corrected chi connectivity index (χ0v) is 13.5. The molecular weight excluding hydrogens is 290 g/mol. The quantitative estimate of drug-likeness (QED) is 0.806. The van der Waals surface area contributed by atoms with Gasteiger partial charge in [-0.1, -0.05) is 30.3 Å². The molecule has 0 bridgehead atoms. The Bertz CT molecular complexity index is 646. The van der Waals surface area contributed by atoms with E-state index in [1.807, 2.05) is 37.3 Å². The lowest BCUT2D eigenvalue weighted by Gasteiger charge is -2.08. The first-order chi connectivity index (χ1) is 11.3. The zero-order valence-electron chi connectivity index (χ0n) is 13.5. The van der Waals surface area contributed by atoms with Gasteiger partial charge in [0.2, 0.25) is 0 Å². The predicted molar refractivity (Wildman–Crippen MR) is 89.3 cm³/mol. The number of hydrogen-bond acceptors (Lipinski definition) is 3. The van der Waals surface area contributed by atoms with Crippen molar-refractivity contribution >= 4 is 5.91 Å². The largest absolute Gasteiger partial charge is 0.381 e. The molecule has 1 atom stereocenters. The summed E-state index contributed by atoms with van der Waals surface area (Å²) < 4.78 is 5.36. The fourth-order valence-corrected chi connectivity index (χ4v) is 2.99. The normalized spacial score (nSPS) is 17.3. The van der Waals surface area contributed by atoms with Crippen molar-refractivity contribution in [2.75, 3.05) is 19.8 Å². The first-order valence-corrected chi connectivity index (χ1v) is 8.22. The highest BCUT2D eigenvalue weighted by molar-refractivity contribution is 5.95. The molecule has 0 aliphatic carbocycles. The molecule has 2 aromatic rings. The van der Waals surface area contributed by atoms with Gasteiger partial charge in [0.25, 0.3) is 5.91 Å². The molecule has 0 spiro atoms. The maximum absolute atomic E-state index is 12.3. The molecule has 1 amide bonds. The third-order valence-corrected chi connectivity index (χ3v) is 4.38. The highest BCUT2D eigenvalue weighted by atomic mass is 16.5. The molecule has 5 nitrogen and oxygen atoms in total. The molecule has 5 heteroatoms. The standard InChI is InChI=1S/C18H23N3O2/c1-13-16(15-7-3-2-4-8-15)20-21-17(13)18(22)19-10-5-6-14-9-11-23-12-14/h2-4,7-8,14H,5-6,9-12H2,1H3,(H,19,22)(H,20,21)/t14-/m0/s1. The second-order valence-corrected chi connectivity index (χ2v) is 6.07. The molecule has 1 fully saturated rings. The van der Waals surface area contributed by atoms with E-state index in [1.165, 1.54) is 0 Å². The van der Waals surface area contributed by atoms with Gasteiger partial charge in [0.15, 0.2) is 0 Å². The Morgan fingerprint density at radius 2 is 2.22 bits per heavy atom. The van der Waals surface area contributed by atoms with Crippen LogP contribution in [0.25, 0.3) is 11.3 Å². The van der Waals surface area contributed by atoms with Crippen LogP contribution >= 0.6 is 0 Å². The molecule has 1 aromatic heterocycles. The maximum Gasteiger partial charge on any atom is 0.269 e. The molecule has 1 aliphatic heterocycles. The minimum Gasteiger partial charge on any atom is -0.381 e. The van der Waals surface area contributed by atoms with Crippen molar-refractivity contribution < 1.29 is 9.53 Å². The van der Waals surface area contributed by atoms with Gasteiger partial charge in [-0.2, -0.15) is 5.10 Å². The summed E-state index contributed by atoms with van der Waals surface area (Å²) in [6.07, 6.45) is 3.24. The van der Waals surface area contributed by atoms with E-state index in [4.69, 9.17) is 4.74 Å². The van der Waals surface area contributed by atoms with Crippen LogP contribution in [0.5, 0.6) is 0 Å². The van der Waals surface area contributed by atoms with Crippen LogP contribution < -0.4 is 5.32 Å². The second kappa shape index (κ2) is 7.42. The van der Waals surface area contributed by atoms with E-state index in [1.54, 1.807) is 0 Å². The molecule has 122 valence electrons. The molecule has 2 N–H and O–H groups in total. The Labute approximate surface area is 136 Å². The van der Waals surface area contributed by atoms with Crippen LogP contribution in [-0.4, -0.2) is 35.9 Å². The SMILES string of the molecule is Cc1c(-c2ccccc2)n[nH]c1C(=O)NCCC[C@H]1CCOC1. The van der Waals surface area contributed by atoms with Gasteiger partial charge in [0, 0.05) is 30.9 Å². The number of nitrogens with zero attached hydrogens (tertiary/aromatic N) is 1. The van der Waals surface area contributed by atoms with E-state index in [2.05, 4.69) is 15.5 Å². The van der Waals surface area contributed by atoms with Gasteiger partial charge in [-0.05, 0) is 32.1 Å². The Morgan fingerprint density at radius 3 is 2.96 bits per heavy atom. The van der Waals surface area contributed by atoms with Crippen LogP contribution in [-0.2, 0) is 4.74 Å². The molecule has 2 heterocycles. The molecule has 0 unspecified atom stereocenters. The summed E-state index contributed by atoms with van der Waals surface area (Å²) in [5.41, 5.74) is 3.28. The number of nitrogens with one attached hydrogen (secondary N) is 2. The average Bonchev–Trinajstić information content (AvgIpc) is 3.22. The van der Waals surface area contributed by atoms with Gasteiger partial charge in [-0.15, -0.1) is 0 Å². The second-order valence-electron chi connectivity index (χ2n) is 6.07. The van der Waals surface area contributed by atoms with Gasteiger partial charge < -0.3 is 10.1 Å². The number of carbonyl (C=O) groups is 1.